The van der Waals surface area contributed by atoms with Crippen molar-refractivity contribution in [1.82, 2.24) is 0 Å². The average Bonchev–Trinajstić information content (AvgIpc) is 2.28. The van der Waals surface area contributed by atoms with Gasteiger partial charge in [0.1, 0.15) is 0 Å². The highest BCUT2D eigenvalue weighted by atomic mass is 14.5. The van der Waals surface area contributed by atoms with Crippen molar-refractivity contribution in [3.8, 4) is 0 Å². The van der Waals surface area contributed by atoms with Gasteiger partial charge < -0.3 is 5.73 Å². The van der Waals surface area contributed by atoms with E-state index in [1.165, 1.54) is 36.8 Å². The minimum Gasteiger partial charge on any atom is -0.330 e. The molecule has 1 rings (SSSR count). The molecule has 0 saturated carbocycles. The van der Waals surface area contributed by atoms with E-state index in [0.717, 1.165) is 24.8 Å². The van der Waals surface area contributed by atoms with Gasteiger partial charge in [-0.2, -0.15) is 0 Å². The zero-order valence-electron chi connectivity index (χ0n) is 12.3. The second-order valence-electron chi connectivity index (χ2n) is 6.01. The van der Waals surface area contributed by atoms with Gasteiger partial charge in [-0.1, -0.05) is 57.9 Å². The van der Waals surface area contributed by atoms with Crippen LogP contribution in [0.3, 0.4) is 0 Å². The second-order valence-corrected chi connectivity index (χ2v) is 6.01. The summed E-state index contributed by atoms with van der Waals surface area (Å²) in [5.41, 5.74) is 8.51. The number of unbranched alkanes of at least 4 members (excludes halogenated alkanes) is 1. The first-order valence-corrected chi connectivity index (χ1v) is 7.39. The lowest BCUT2D eigenvalue weighted by atomic mass is 9.93. The van der Waals surface area contributed by atoms with Crippen molar-refractivity contribution in [1.29, 1.82) is 0 Å². The third kappa shape index (κ3) is 6.20. The molecular weight excluding hydrogens is 218 g/mol. The van der Waals surface area contributed by atoms with Crippen LogP contribution in [0.5, 0.6) is 0 Å². The number of benzene rings is 1. The van der Waals surface area contributed by atoms with Crippen molar-refractivity contribution in [3.05, 3.63) is 35.4 Å². The second kappa shape index (κ2) is 8.31. The fourth-order valence-electron chi connectivity index (χ4n) is 2.50. The smallest absolute Gasteiger partial charge is 0.00773 e. The van der Waals surface area contributed by atoms with Gasteiger partial charge in [0.25, 0.3) is 0 Å². The fourth-order valence-corrected chi connectivity index (χ4v) is 2.50. The number of hydrogen-bond donors (Lipinski definition) is 1. The van der Waals surface area contributed by atoms with Gasteiger partial charge in [0.05, 0.1) is 0 Å². The zero-order chi connectivity index (χ0) is 13.4. The molecule has 0 radical (unpaired) electrons. The third-order valence-electron chi connectivity index (χ3n) is 3.37. The van der Waals surface area contributed by atoms with Crippen molar-refractivity contribution >= 4 is 0 Å². The van der Waals surface area contributed by atoms with Crippen LogP contribution in [0, 0.1) is 11.8 Å². The van der Waals surface area contributed by atoms with Crippen molar-refractivity contribution in [2.24, 2.45) is 17.6 Å². The lowest BCUT2D eigenvalue weighted by Gasteiger charge is -2.12. The molecule has 0 aliphatic rings. The number of hydrogen-bond acceptors (Lipinski definition) is 1. The van der Waals surface area contributed by atoms with Crippen LogP contribution in [0.1, 0.15) is 51.2 Å². The van der Waals surface area contributed by atoms with Crippen molar-refractivity contribution in [3.63, 3.8) is 0 Å². The SMILES string of the molecule is CC(C)Cc1cccc(CC(C)CCCCN)c1. The molecule has 1 atom stereocenters. The minimum atomic E-state index is 0.738. The Hall–Kier alpha value is -0.820. The third-order valence-corrected chi connectivity index (χ3v) is 3.37. The van der Waals surface area contributed by atoms with E-state index in [4.69, 9.17) is 5.73 Å². The Morgan fingerprint density at radius 3 is 2.28 bits per heavy atom. The zero-order valence-corrected chi connectivity index (χ0v) is 12.3. The fraction of sp³-hybridized carbons (Fsp3) is 0.647. The van der Waals surface area contributed by atoms with Gasteiger partial charge in [0.15, 0.2) is 0 Å². The summed E-state index contributed by atoms with van der Waals surface area (Å²) in [6, 6.07) is 9.12. The summed E-state index contributed by atoms with van der Waals surface area (Å²) in [6.45, 7) is 7.74. The van der Waals surface area contributed by atoms with Gasteiger partial charge in [0, 0.05) is 0 Å². The molecule has 0 aliphatic carbocycles. The molecule has 1 unspecified atom stereocenters. The molecule has 0 fully saturated rings. The molecule has 102 valence electrons. The predicted molar refractivity (Wildman–Crippen MR) is 80.8 cm³/mol. The molecule has 1 heteroatoms. The maximum absolute atomic E-state index is 5.53. The highest BCUT2D eigenvalue weighted by molar-refractivity contribution is 5.24. The molecule has 1 aromatic carbocycles. The van der Waals surface area contributed by atoms with Gasteiger partial charge in [0.2, 0.25) is 0 Å². The maximum atomic E-state index is 5.53. The minimum absolute atomic E-state index is 0.738. The summed E-state index contributed by atoms with van der Waals surface area (Å²) in [5, 5.41) is 0. The van der Waals surface area contributed by atoms with E-state index in [2.05, 4.69) is 45.0 Å². The largest absolute Gasteiger partial charge is 0.330 e. The maximum Gasteiger partial charge on any atom is -0.00773 e. The summed E-state index contributed by atoms with van der Waals surface area (Å²) >= 11 is 0. The van der Waals surface area contributed by atoms with Crippen LogP contribution in [0.4, 0.5) is 0 Å². The summed E-state index contributed by atoms with van der Waals surface area (Å²) in [4.78, 5) is 0. The Kier molecular flexibility index (Phi) is 7.04. The van der Waals surface area contributed by atoms with Crippen LogP contribution >= 0.6 is 0 Å². The van der Waals surface area contributed by atoms with Crippen LogP contribution in [0.15, 0.2) is 24.3 Å². The van der Waals surface area contributed by atoms with Crippen molar-refractivity contribution in [2.45, 2.75) is 52.9 Å². The molecule has 0 heterocycles. The molecule has 0 saturated heterocycles. The predicted octanol–water partition coefficient (Wildman–Crippen LogP) is 4.19. The van der Waals surface area contributed by atoms with Gasteiger partial charge in [-0.25, -0.2) is 0 Å². The van der Waals surface area contributed by atoms with E-state index in [1.54, 1.807) is 0 Å². The highest BCUT2D eigenvalue weighted by Gasteiger charge is 2.05. The highest BCUT2D eigenvalue weighted by Crippen LogP contribution is 2.17. The number of rotatable bonds is 8. The first kappa shape index (κ1) is 15.2. The summed E-state index contributed by atoms with van der Waals surface area (Å²) in [7, 11) is 0. The monoisotopic (exact) mass is 247 g/mol. The van der Waals surface area contributed by atoms with E-state index in [0.29, 0.717) is 0 Å². The van der Waals surface area contributed by atoms with Crippen molar-refractivity contribution in [2.75, 3.05) is 6.54 Å². The Morgan fingerprint density at radius 1 is 1.00 bits per heavy atom. The van der Waals surface area contributed by atoms with Gasteiger partial charge in [-0.05, 0) is 48.8 Å². The van der Waals surface area contributed by atoms with Crippen molar-refractivity contribution < 1.29 is 0 Å². The van der Waals surface area contributed by atoms with E-state index in [9.17, 15) is 0 Å². The van der Waals surface area contributed by atoms with Crippen LogP contribution in [-0.2, 0) is 12.8 Å². The normalized spacial score (nSPS) is 12.9. The van der Waals surface area contributed by atoms with Crippen LogP contribution in [-0.4, -0.2) is 6.54 Å². The lowest BCUT2D eigenvalue weighted by Crippen LogP contribution is -2.04. The van der Waals surface area contributed by atoms with Gasteiger partial charge in [-0.3, -0.25) is 0 Å². The molecule has 0 spiro atoms. The first-order chi connectivity index (χ1) is 8.61. The van der Waals surface area contributed by atoms with E-state index in [-0.39, 0.29) is 0 Å². The first-order valence-electron chi connectivity index (χ1n) is 7.39. The Morgan fingerprint density at radius 2 is 1.67 bits per heavy atom. The lowest BCUT2D eigenvalue weighted by molar-refractivity contribution is 0.498. The van der Waals surface area contributed by atoms with Crippen LogP contribution in [0.25, 0.3) is 0 Å². The molecule has 0 bridgehead atoms. The van der Waals surface area contributed by atoms with Gasteiger partial charge >= 0.3 is 0 Å². The van der Waals surface area contributed by atoms with E-state index >= 15 is 0 Å². The van der Waals surface area contributed by atoms with E-state index in [1.807, 2.05) is 0 Å². The topological polar surface area (TPSA) is 26.0 Å². The summed E-state index contributed by atoms with van der Waals surface area (Å²) in [6.07, 6.45) is 6.12. The number of nitrogens with two attached hydrogens (primary N) is 1. The average molecular weight is 247 g/mol. The molecule has 1 aromatic rings. The quantitative estimate of drug-likeness (QED) is 0.685. The van der Waals surface area contributed by atoms with E-state index < -0.39 is 0 Å². The molecule has 2 N–H and O–H groups in total. The standard InChI is InChI=1S/C17H29N/c1-14(2)11-16-8-6-9-17(13-16)12-15(3)7-4-5-10-18/h6,8-9,13-15H,4-5,7,10-12,18H2,1-3H3. The summed E-state index contributed by atoms with van der Waals surface area (Å²) < 4.78 is 0. The van der Waals surface area contributed by atoms with Crippen LogP contribution in [0.2, 0.25) is 0 Å². The molecule has 0 aliphatic heterocycles. The molecule has 18 heavy (non-hydrogen) atoms. The van der Waals surface area contributed by atoms with Crippen LogP contribution < -0.4 is 5.73 Å². The molecule has 0 aromatic heterocycles. The Labute approximate surface area is 113 Å². The molecule has 1 nitrogen and oxygen atoms in total. The Bertz CT molecular complexity index is 330. The van der Waals surface area contributed by atoms with Gasteiger partial charge in [-0.15, -0.1) is 0 Å². The molecular formula is C17H29N. The Balaban J connectivity index is 2.45. The summed E-state index contributed by atoms with van der Waals surface area (Å²) in [5.74, 6) is 1.51. The molecule has 0 amide bonds.